The van der Waals surface area contributed by atoms with E-state index < -0.39 is 17.7 Å². The Hall–Kier alpha value is -1.35. The van der Waals surface area contributed by atoms with Crippen LogP contribution in [0.1, 0.15) is 12.8 Å². The zero-order chi connectivity index (χ0) is 15.0. The van der Waals surface area contributed by atoms with Crippen molar-refractivity contribution in [3.8, 4) is 0 Å². The quantitative estimate of drug-likeness (QED) is 0.628. The number of alkyl halides is 3. The van der Waals surface area contributed by atoms with Gasteiger partial charge in [0.1, 0.15) is 5.60 Å². The molecule has 1 saturated carbocycles. The fourth-order valence-electron chi connectivity index (χ4n) is 2.03. The molecular formula is C11H15F3N2O4. The summed E-state index contributed by atoms with van der Waals surface area (Å²) in [6.45, 7) is 2.78. The Bertz CT molecular complexity index is 405. The number of carbonyl (C=O) groups is 2. The maximum absolute atomic E-state index is 11.4. The number of aliphatic carboxylic acids is 1. The topological polar surface area (TPSA) is 87.7 Å². The van der Waals surface area contributed by atoms with Crippen LogP contribution in [0.5, 0.6) is 0 Å². The van der Waals surface area contributed by atoms with Crippen molar-refractivity contribution in [2.45, 2.75) is 30.7 Å². The first-order valence-electron chi connectivity index (χ1n) is 6.21. The third-order valence-electron chi connectivity index (χ3n) is 3.54. The average molecular weight is 296 g/mol. The van der Waals surface area contributed by atoms with E-state index in [-0.39, 0.29) is 12.0 Å². The standard InChI is InChI=1S/C9H14N2O2.C2HF3O2/c12-8-9(1-2-9)13-7(5-11-8)6-3-10-4-6;3-2(4,5)1(6)7/h6-7,10H,1-5H2,(H,11,12);(H,6,7). The first-order chi connectivity index (χ1) is 9.24. The molecule has 1 amide bonds. The summed E-state index contributed by atoms with van der Waals surface area (Å²) >= 11 is 0. The van der Waals surface area contributed by atoms with E-state index in [2.05, 4.69) is 10.6 Å². The third kappa shape index (κ3) is 3.21. The fourth-order valence-corrected chi connectivity index (χ4v) is 2.03. The Balaban J connectivity index is 0.000000182. The van der Waals surface area contributed by atoms with Crippen molar-refractivity contribution in [1.82, 2.24) is 10.6 Å². The maximum atomic E-state index is 11.4. The number of hydrogen-bond acceptors (Lipinski definition) is 4. The minimum atomic E-state index is -5.08. The summed E-state index contributed by atoms with van der Waals surface area (Å²) in [7, 11) is 0. The number of amides is 1. The number of ether oxygens (including phenoxy) is 1. The van der Waals surface area contributed by atoms with Gasteiger partial charge in [0.05, 0.1) is 6.10 Å². The highest BCUT2D eigenvalue weighted by molar-refractivity contribution is 5.88. The summed E-state index contributed by atoms with van der Waals surface area (Å²) < 4.78 is 37.6. The molecule has 3 fully saturated rings. The second-order valence-corrected chi connectivity index (χ2v) is 5.08. The lowest BCUT2D eigenvalue weighted by atomic mass is 9.94. The van der Waals surface area contributed by atoms with Crippen molar-refractivity contribution < 1.29 is 32.6 Å². The Morgan fingerprint density at radius 2 is 1.85 bits per heavy atom. The molecule has 0 bridgehead atoms. The van der Waals surface area contributed by atoms with Crippen molar-refractivity contribution in [2.75, 3.05) is 19.6 Å². The Labute approximate surface area is 112 Å². The van der Waals surface area contributed by atoms with Crippen LogP contribution in [0.15, 0.2) is 0 Å². The van der Waals surface area contributed by atoms with Crippen LogP contribution in [0.2, 0.25) is 0 Å². The highest BCUT2D eigenvalue weighted by atomic mass is 19.4. The second-order valence-electron chi connectivity index (χ2n) is 5.08. The zero-order valence-electron chi connectivity index (χ0n) is 10.5. The van der Waals surface area contributed by atoms with Gasteiger partial charge in [0, 0.05) is 25.6 Å². The summed E-state index contributed by atoms with van der Waals surface area (Å²) in [6.07, 6.45) is -3.01. The number of rotatable bonds is 1. The minimum Gasteiger partial charge on any atom is -0.475 e. The Morgan fingerprint density at radius 3 is 2.20 bits per heavy atom. The molecule has 1 atom stereocenters. The van der Waals surface area contributed by atoms with Crippen molar-refractivity contribution in [3.05, 3.63) is 0 Å². The lowest BCUT2D eigenvalue weighted by Crippen LogP contribution is -2.59. The second kappa shape index (κ2) is 5.21. The Morgan fingerprint density at radius 1 is 1.30 bits per heavy atom. The number of nitrogens with one attached hydrogen (secondary N) is 2. The number of hydrogen-bond donors (Lipinski definition) is 3. The summed E-state index contributed by atoms with van der Waals surface area (Å²) in [5.41, 5.74) is -0.404. The molecule has 1 aliphatic carbocycles. The molecule has 2 aliphatic heterocycles. The van der Waals surface area contributed by atoms with Gasteiger partial charge in [-0.3, -0.25) is 4.79 Å². The van der Waals surface area contributed by atoms with E-state index in [4.69, 9.17) is 14.6 Å². The van der Waals surface area contributed by atoms with Gasteiger partial charge in [0.15, 0.2) is 0 Å². The molecule has 2 heterocycles. The Kier molecular flexibility index (Phi) is 3.92. The average Bonchev–Trinajstić information content (AvgIpc) is 3.02. The molecule has 3 rings (SSSR count). The largest absolute Gasteiger partial charge is 0.490 e. The predicted octanol–water partition coefficient (Wildman–Crippen LogP) is -0.113. The summed E-state index contributed by atoms with van der Waals surface area (Å²) in [4.78, 5) is 20.3. The van der Waals surface area contributed by atoms with E-state index in [1.54, 1.807) is 0 Å². The lowest BCUT2D eigenvalue weighted by Gasteiger charge is -2.39. The third-order valence-corrected chi connectivity index (χ3v) is 3.54. The van der Waals surface area contributed by atoms with E-state index in [0.717, 1.165) is 25.9 Å². The molecule has 0 aromatic carbocycles. The first kappa shape index (κ1) is 15.0. The maximum Gasteiger partial charge on any atom is 0.490 e. The van der Waals surface area contributed by atoms with Gasteiger partial charge in [0.25, 0.3) is 5.91 Å². The van der Waals surface area contributed by atoms with Crippen LogP contribution in [0, 0.1) is 5.92 Å². The SMILES string of the molecule is O=C(O)C(F)(F)F.O=C1NCC(C2CNC2)OC12CC2. The van der Waals surface area contributed by atoms with Crippen LogP contribution in [-0.2, 0) is 14.3 Å². The van der Waals surface area contributed by atoms with Gasteiger partial charge in [-0.1, -0.05) is 0 Å². The van der Waals surface area contributed by atoms with Crippen LogP contribution in [0.3, 0.4) is 0 Å². The highest BCUT2D eigenvalue weighted by Gasteiger charge is 2.56. The zero-order valence-corrected chi connectivity index (χ0v) is 10.5. The molecule has 20 heavy (non-hydrogen) atoms. The monoisotopic (exact) mass is 296 g/mol. The van der Waals surface area contributed by atoms with Gasteiger partial charge in [-0.05, 0) is 12.8 Å². The van der Waals surface area contributed by atoms with Gasteiger partial charge in [-0.15, -0.1) is 0 Å². The summed E-state index contributed by atoms with van der Waals surface area (Å²) in [5.74, 6) is -2.04. The van der Waals surface area contributed by atoms with Crippen LogP contribution in [-0.4, -0.2) is 54.5 Å². The van der Waals surface area contributed by atoms with Crippen LogP contribution >= 0.6 is 0 Å². The highest BCUT2D eigenvalue weighted by Crippen LogP contribution is 2.43. The van der Waals surface area contributed by atoms with Gasteiger partial charge in [-0.25, -0.2) is 4.79 Å². The smallest absolute Gasteiger partial charge is 0.475 e. The van der Waals surface area contributed by atoms with E-state index >= 15 is 0 Å². The normalized spacial score (nSPS) is 27.9. The van der Waals surface area contributed by atoms with Crippen molar-refractivity contribution in [2.24, 2.45) is 5.92 Å². The van der Waals surface area contributed by atoms with E-state index in [1.807, 2.05) is 0 Å². The van der Waals surface area contributed by atoms with Gasteiger partial charge < -0.3 is 20.5 Å². The first-order valence-corrected chi connectivity index (χ1v) is 6.21. The molecule has 0 aromatic rings. The van der Waals surface area contributed by atoms with Crippen molar-refractivity contribution in [3.63, 3.8) is 0 Å². The molecule has 2 saturated heterocycles. The van der Waals surface area contributed by atoms with Crippen molar-refractivity contribution in [1.29, 1.82) is 0 Å². The molecule has 3 N–H and O–H groups in total. The summed E-state index contributed by atoms with van der Waals surface area (Å²) in [6, 6.07) is 0. The molecular weight excluding hydrogens is 281 g/mol. The fraction of sp³-hybridized carbons (Fsp3) is 0.818. The molecule has 0 radical (unpaired) electrons. The molecule has 114 valence electrons. The van der Waals surface area contributed by atoms with Crippen LogP contribution < -0.4 is 10.6 Å². The number of halogens is 3. The number of carboxylic acids is 1. The van der Waals surface area contributed by atoms with Gasteiger partial charge in [-0.2, -0.15) is 13.2 Å². The van der Waals surface area contributed by atoms with Crippen molar-refractivity contribution >= 4 is 11.9 Å². The van der Waals surface area contributed by atoms with E-state index in [9.17, 15) is 18.0 Å². The van der Waals surface area contributed by atoms with Gasteiger partial charge in [0.2, 0.25) is 0 Å². The molecule has 3 aliphatic rings. The molecule has 0 aromatic heterocycles. The van der Waals surface area contributed by atoms with Crippen LogP contribution in [0.4, 0.5) is 13.2 Å². The van der Waals surface area contributed by atoms with E-state index in [1.165, 1.54) is 0 Å². The molecule has 1 unspecified atom stereocenters. The number of morpholine rings is 1. The molecule has 1 spiro atoms. The lowest BCUT2D eigenvalue weighted by molar-refractivity contribution is -0.192. The molecule has 6 nitrogen and oxygen atoms in total. The predicted molar refractivity (Wildman–Crippen MR) is 59.9 cm³/mol. The number of carboxylic acid groups (broad SMARTS) is 1. The van der Waals surface area contributed by atoms with Crippen LogP contribution in [0.25, 0.3) is 0 Å². The summed E-state index contributed by atoms with van der Waals surface area (Å²) in [5, 5.41) is 13.3. The minimum absolute atomic E-state index is 0.107. The van der Waals surface area contributed by atoms with E-state index in [0.29, 0.717) is 12.5 Å². The van der Waals surface area contributed by atoms with Gasteiger partial charge >= 0.3 is 12.1 Å². The number of carbonyl (C=O) groups excluding carboxylic acids is 1. The molecule has 9 heteroatoms.